The van der Waals surface area contributed by atoms with Gasteiger partial charge in [-0.25, -0.2) is 4.79 Å². The predicted octanol–water partition coefficient (Wildman–Crippen LogP) is 2.43. The number of carbonyl (C=O) groups excluding carboxylic acids is 1. The highest BCUT2D eigenvalue weighted by atomic mass is 16.5. The standard InChI is InChI=1S/C15H22N2O2/c1-12(2)14(13-6-4-3-5-7-13)16-15(18)17-8-10-19-11-9-17/h3-7,12,14H,8-11H2,1-2H3,(H,16,18). The summed E-state index contributed by atoms with van der Waals surface area (Å²) in [5.41, 5.74) is 1.15. The third kappa shape index (κ3) is 3.70. The van der Waals surface area contributed by atoms with Crippen LogP contribution in [0.2, 0.25) is 0 Å². The Kier molecular flexibility index (Phi) is 4.80. The van der Waals surface area contributed by atoms with Crippen LogP contribution in [0.4, 0.5) is 4.79 Å². The summed E-state index contributed by atoms with van der Waals surface area (Å²) in [6.45, 7) is 6.85. The molecule has 1 unspecified atom stereocenters. The Morgan fingerprint density at radius 2 is 1.84 bits per heavy atom. The molecule has 1 saturated heterocycles. The molecule has 1 aromatic rings. The first-order valence-electron chi connectivity index (χ1n) is 6.86. The minimum atomic E-state index is 0.00542. The van der Waals surface area contributed by atoms with Crippen LogP contribution in [0.15, 0.2) is 30.3 Å². The molecule has 2 amide bonds. The maximum Gasteiger partial charge on any atom is 0.318 e. The van der Waals surface area contributed by atoms with Crippen LogP contribution in [0, 0.1) is 5.92 Å². The van der Waals surface area contributed by atoms with E-state index in [0.717, 1.165) is 5.56 Å². The third-order valence-electron chi connectivity index (χ3n) is 3.40. The molecule has 1 aliphatic heterocycles. The maximum atomic E-state index is 12.2. The lowest BCUT2D eigenvalue weighted by atomic mass is 9.96. The zero-order valence-electron chi connectivity index (χ0n) is 11.6. The second-order valence-electron chi connectivity index (χ2n) is 5.18. The molecule has 1 fully saturated rings. The zero-order valence-corrected chi connectivity index (χ0v) is 11.6. The molecule has 1 atom stereocenters. The van der Waals surface area contributed by atoms with Gasteiger partial charge in [0.1, 0.15) is 0 Å². The Morgan fingerprint density at radius 3 is 2.42 bits per heavy atom. The lowest BCUT2D eigenvalue weighted by molar-refractivity contribution is 0.0520. The van der Waals surface area contributed by atoms with E-state index in [1.165, 1.54) is 0 Å². The molecule has 1 heterocycles. The van der Waals surface area contributed by atoms with Crippen molar-refractivity contribution in [1.29, 1.82) is 0 Å². The summed E-state index contributed by atoms with van der Waals surface area (Å²) in [4.78, 5) is 14.1. The number of benzene rings is 1. The smallest absolute Gasteiger partial charge is 0.318 e. The van der Waals surface area contributed by atoms with E-state index in [1.807, 2.05) is 23.1 Å². The summed E-state index contributed by atoms with van der Waals surface area (Å²) in [6.07, 6.45) is 0. The van der Waals surface area contributed by atoms with Crippen LogP contribution >= 0.6 is 0 Å². The van der Waals surface area contributed by atoms with E-state index in [-0.39, 0.29) is 12.1 Å². The molecule has 0 aromatic heterocycles. The van der Waals surface area contributed by atoms with Crippen molar-refractivity contribution in [1.82, 2.24) is 10.2 Å². The van der Waals surface area contributed by atoms with E-state index in [4.69, 9.17) is 4.74 Å². The van der Waals surface area contributed by atoms with Crippen molar-refractivity contribution in [3.05, 3.63) is 35.9 Å². The van der Waals surface area contributed by atoms with Gasteiger partial charge in [-0.05, 0) is 11.5 Å². The highest BCUT2D eigenvalue weighted by Crippen LogP contribution is 2.21. The Bertz CT molecular complexity index is 400. The van der Waals surface area contributed by atoms with Crippen molar-refractivity contribution in [2.24, 2.45) is 5.92 Å². The number of hydrogen-bond acceptors (Lipinski definition) is 2. The normalized spacial score (nSPS) is 17.3. The van der Waals surface area contributed by atoms with Gasteiger partial charge in [0.05, 0.1) is 19.3 Å². The Hall–Kier alpha value is -1.55. The van der Waals surface area contributed by atoms with Gasteiger partial charge < -0.3 is 15.0 Å². The highest BCUT2D eigenvalue weighted by molar-refractivity contribution is 5.74. The van der Waals surface area contributed by atoms with Crippen molar-refractivity contribution >= 4 is 6.03 Å². The Morgan fingerprint density at radius 1 is 1.21 bits per heavy atom. The van der Waals surface area contributed by atoms with E-state index >= 15 is 0 Å². The van der Waals surface area contributed by atoms with Crippen molar-refractivity contribution in [2.75, 3.05) is 26.3 Å². The number of rotatable bonds is 3. The molecule has 4 heteroatoms. The summed E-state index contributed by atoms with van der Waals surface area (Å²) < 4.78 is 5.27. The van der Waals surface area contributed by atoms with Crippen LogP contribution in [-0.2, 0) is 4.74 Å². The summed E-state index contributed by atoms with van der Waals surface area (Å²) in [5, 5.41) is 3.13. The molecule has 0 bridgehead atoms. The molecule has 0 spiro atoms. The van der Waals surface area contributed by atoms with Gasteiger partial charge in [-0.1, -0.05) is 44.2 Å². The summed E-state index contributed by atoms with van der Waals surface area (Å²) >= 11 is 0. The fraction of sp³-hybridized carbons (Fsp3) is 0.533. The van der Waals surface area contributed by atoms with Crippen LogP contribution in [0.25, 0.3) is 0 Å². The fourth-order valence-electron chi connectivity index (χ4n) is 2.29. The molecule has 19 heavy (non-hydrogen) atoms. The van der Waals surface area contributed by atoms with E-state index in [2.05, 4.69) is 31.3 Å². The lowest BCUT2D eigenvalue weighted by Crippen LogP contribution is -2.47. The molecule has 104 valence electrons. The van der Waals surface area contributed by atoms with Crippen molar-refractivity contribution in [3.8, 4) is 0 Å². The van der Waals surface area contributed by atoms with Gasteiger partial charge in [-0.2, -0.15) is 0 Å². The van der Waals surface area contributed by atoms with Crippen LogP contribution in [-0.4, -0.2) is 37.2 Å². The topological polar surface area (TPSA) is 41.6 Å². The predicted molar refractivity (Wildman–Crippen MR) is 74.9 cm³/mol. The van der Waals surface area contributed by atoms with Gasteiger partial charge in [0.15, 0.2) is 0 Å². The van der Waals surface area contributed by atoms with Crippen molar-refractivity contribution in [3.63, 3.8) is 0 Å². The molecule has 0 saturated carbocycles. The van der Waals surface area contributed by atoms with Gasteiger partial charge in [0, 0.05) is 13.1 Å². The Labute approximate surface area is 114 Å². The molecule has 4 nitrogen and oxygen atoms in total. The number of morpholine rings is 1. The number of nitrogens with one attached hydrogen (secondary N) is 1. The zero-order chi connectivity index (χ0) is 13.7. The number of ether oxygens (including phenoxy) is 1. The first kappa shape index (κ1) is 13.9. The quantitative estimate of drug-likeness (QED) is 0.909. The van der Waals surface area contributed by atoms with Gasteiger partial charge in [0.25, 0.3) is 0 Å². The summed E-state index contributed by atoms with van der Waals surface area (Å²) in [7, 11) is 0. The third-order valence-corrected chi connectivity index (χ3v) is 3.40. The van der Waals surface area contributed by atoms with Crippen LogP contribution < -0.4 is 5.32 Å². The van der Waals surface area contributed by atoms with E-state index < -0.39 is 0 Å². The second kappa shape index (κ2) is 6.57. The van der Waals surface area contributed by atoms with Crippen molar-refractivity contribution in [2.45, 2.75) is 19.9 Å². The first-order chi connectivity index (χ1) is 9.18. The molecule has 1 N–H and O–H groups in total. The van der Waals surface area contributed by atoms with Crippen molar-refractivity contribution < 1.29 is 9.53 Å². The number of urea groups is 1. The molecule has 0 radical (unpaired) electrons. The van der Waals surface area contributed by atoms with Gasteiger partial charge in [-0.15, -0.1) is 0 Å². The summed E-state index contributed by atoms with van der Waals surface area (Å²) in [5.74, 6) is 0.354. The number of hydrogen-bond donors (Lipinski definition) is 1. The largest absolute Gasteiger partial charge is 0.378 e. The molecule has 2 rings (SSSR count). The average Bonchev–Trinajstić information content (AvgIpc) is 2.46. The highest BCUT2D eigenvalue weighted by Gasteiger charge is 2.22. The molecular weight excluding hydrogens is 240 g/mol. The minimum Gasteiger partial charge on any atom is -0.378 e. The molecular formula is C15H22N2O2. The van der Waals surface area contributed by atoms with Crippen LogP contribution in [0.1, 0.15) is 25.5 Å². The first-order valence-corrected chi connectivity index (χ1v) is 6.86. The second-order valence-corrected chi connectivity index (χ2v) is 5.18. The van der Waals surface area contributed by atoms with Crippen LogP contribution in [0.3, 0.4) is 0 Å². The SMILES string of the molecule is CC(C)C(NC(=O)N1CCOCC1)c1ccccc1. The van der Waals surface area contributed by atoms with E-state index in [1.54, 1.807) is 0 Å². The monoisotopic (exact) mass is 262 g/mol. The number of amides is 2. The number of carbonyl (C=O) groups is 1. The van der Waals surface area contributed by atoms with E-state index in [9.17, 15) is 4.79 Å². The van der Waals surface area contributed by atoms with Crippen LogP contribution in [0.5, 0.6) is 0 Å². The molecule has 0 aliphatic carbocycles. The number of nitrogens with zero attached hydrogens (tertiary/aromatic N) is 1. The van der Waals surface area contributed by atoms with Gasteiger partial charge in [-0.3, -0.25) is 0 Å². The Balaban J connectivity index is 2.02. The minimum absolute atomic E-state index is 0.00542. The maximum absolute atomic E-state index is 12.2. The molecule has 1 aliphatic rings. The van der Waals surface area contributed by atoms with Gasteiger partial charge in [0.2, 0.25) is 0 Å². The van der Waals surface area contributed by atoms with Gasteiger partial charge >= 0.3 is 6.03 Å². The summed E-state index contributed by atoms with van der Waals surface area (Å²) in [6, 6.07) is 10.2. The van der Waals surface area contributed by atoms with E-state index in [0.29, 0.717) is 32.2 Å². The fourth-order valence-corrected chi connectivity index (χ4v) is 2.29. The molecule has 1 aromatic carbocycles. The average molecular weight is 262 g/mol. The lowest BCUT2D eigenvalue weighted by Gasteiger charge is -2.30.